The van der Waals surface area contributed by atoms with E-state index >= 15 is 0 Å². The van der Waals surface area contributed by atoms with Crippen LogP contribution in [0.4, 0.5) is 5.69 Å². The third kappa shape index (κ3) is 4.48. The quantitative estimate of drug-likeness (QED) is 0.798. The molecule has 2 aromatic rings. The van der Waals surface area contributed by atoms with E-state index in [0.29, 0.717) is 26.4 Å². The normalized spacial score (nSPS) is 10.4. The van der Waals surface area contributed by atoms with Crippen molar-refractivity contribution in [2.24, 2.45) is 0 Å². The molecule has 1 N–H and O–H groups in total. The molecule has 0 unspecified atom stereocenters. The summed E-state index contributed by atoms with van der Waals surface area (Å²) in [4.78, 5) is 24.7. The SMILES string of the molecule is COCc1cc(C)n(CC(=O)Nc2ccc(Br)c(Cl)c2)c(=O)c1C#N. The highest BCUT2D eigenvalue weighted by Gasteiger charge is 2.15. The van der Waals surface area contributed by atoms with Crippen LogP contribution >= 0.6 is 27.5 Å². The predicted octanol–water partition coefficient (Wildman–Crippen LogP) is 3.23. The maximum absolute atomic E-state index is 12.5. The zero-order chi connectivity index (χ0) is 18.6. The number of rotatable bonds is 5. The molecule has 0 aliphatic heterocycles. The van der Waals surface area contributed by atoms with Crippen molar-refractivity contribution in [3.05, 3.63) is 60.9 Å². The number of methoxy groups -OCH3 is 1. The number of nitrogens with one attached hydrogen (secondary N) is 1. The number of aryl methyl sites for hydroxylation is 1. The molecule has 1 heterocycles. The lowest BCUT2D eigenvalue weighted by molar-refractivity contribution is -0.116. The third-order valence-corrected chi connectivity index (χ3v) is 4.74. The number of hydrogen-bond acceptors (Lipinski definition) is 4. The number of hydrogen-bond donors (Lipinski definition) is 1. The van der Waals surface area contributed by atoms with E-state index in [1.807, 2.05) is 6.07 Å². The predicted molar refractivity (Wildman–Crippen MR) is 98.6 cm³/mol. The van der Waals surface area contributed by atoms with E-state index < -0.39 is 11.5 Å². The van der Waals surface area contributed by atoms with Gasteiger partial charge in [0.05, 0.1) is 11.6 Å². The topological polar surface area (TPSA) is 84.1 Å². The minimum atomic E-state index is -0.515. The molecule has 0 aliphatic rings. The Morgan fingerprint density at radius 1 is 1.44 bits per heavy atom. The maximum atomic E-state index is 12.5. The van der Waals surface area contributed by atoms with Crippen LogP contribution in [0, 0.1) is 18.3 Å². The average Bonchev–Trinajstić information content (AvgIpc) is 2.55. The molecule has 0 fully saturated rings. The fourth-order valence-corrected chi connectivity index (χ4v) is 2.77. The number of nitrogens with zero attached hydrogens (tertiary/aromatic N) is 2. The summed E-state index contributed by atoms with van der Waals surface area (Å²) in [5, 5.41) is 12.4. The van der Waals surface area contributed by atoms with Crippen LogP contribution in [0.5, 0.6) is 0 Å². The summed E-state index contributed by atoms with van der Waals surface area (Å²) in [5.41, 5.74) is 1.05. The molecule has 25 heavy (non-hydrogen) atoms. The Hall–Kier alpha value is -2.14. The van der Waals surface area contributed by atoms with Crippen molar-refractivity contribution < 1.29 is 9.53 Å². The molecule has 8 heteroatoms. The fourth-order valence-electron chi connectivity index (χ4n) is 2.34. The second kappa shape index (κ2) is 8.30. The molecule has 0 atom stereocenters. The van der Waals surface area contributed by atoms with Gasteiger partial charge in [0.25, 0.3) is 5.56 Å². The second-order valence-electron chi connectivity index (χ2n) is 5.30. The molecule has 0 bridgehead atoms. The molecule has 0 aliphatic carbocycles. The molecular formula is C17H15BrClN3O3. The summed E-state index contributed by atoms with van der Waals surface area (Å²) in [6.45, 7) is 1.65. The molecule has 0 saturated carbocycles. The summed E-state index contributed by atoms with van der Waals surface area (Å²) in [6.07, 6.45) is 0. The molecule has 0 spiro atoms. The van der Waals surface area contributed by atoms with Crippen molar-refractivity contribution >= 4 is 39.1 Å². The number of pyridine rings is 1. The van der Waals surface area contributed by atoms with Crippen molar-refractivity contribution in [3.8, 4) is 6.07 Å². The van der Waals surface area contributed by atoms with E-state index in [2.05, 4.69) is 21.2 Å². The van der Waals surface area contributed by atoms with Gasteiger partial charge < -0.3 is 14.6 Å². The Kier molecular flexibility index (Phi) is 6.37. The number of carbonyl (C=O) groups excluding carboxylic acids is 1. The maximum Gasteiger partial charge on any atom is 0.269 e. The first-order chi connectivity index (χ1) is 11.9. The highest BCUT2D eigenvalue weighted by molar-refractivity contribution is 9.10. The molecular weight excluding hydrogens is 410 g/mol. The van der Waals surface area contributed by atoms with E-state index in [1.165, 1.54) is 11.7 Å². The minimum Gasteiger partial charge on any atom is -0.380 e. The number of aromatic nitrogens is 1. The summed E-state index contributed by atoms with van der Waals surface area (Å²) >= 11 is 9.27. The highest BCUT2D eigenvalue weighted by Crippen LogP contribution is 2.25. The van der Waals surface area contributed by atoms with Crippen LogP contribution in [0.2, 0.25) is 5.02 Å². The van der Waals surface area contributed by atoms with Gasteiger partial charge in [-0.05, 0) is 47.1 Å². The second-order valence-corrected chi connectivity index (χ2v) is 6.56. The summed E-state index contributed by atoms with van der Waals surface area (Å²) < 4.78 is 6.98. The summed E-state index contributed by atoms with van der Waals surface area (Å²) in [5.74, 6) is -0.396. The molecule has 6 nitrogen and oxygen atoms in total. The van der Waals surface area contributed by atoms with Crippen molar-refractivity contribution in [1.82, 2.24) is 4.57 Å². The Balaban J connectivity index is 2.27. The number of nitriles is 1. The number of benzene rings is 1. The minimum absolute atomic E-state index is 0.0214. The molecule has 2 rings (SSSR count). The standard InChI is InChI=1S/C17H15BrClN3O3/c1-10-5-11(9-25-2)13(7-20)17(24)22(10)8-16(23)21-12-3-4-14(18)15(19)6-12/h3-6H,8-9H2,1-2H3,(H,21,23). The van der Waals surface area contributed by atoms with E-state index in [0.717, 1.165) is 0 Å². The average molecular weight is 425 g/mol. The number of amides is 1. The lowest BCUT2D eigenvalue weighted by Crippen LogP contribution is -2.31. The largest absolute Gasteiger partial charge is 0.380 e. The third-order valence-electron chi connectivity index (χ3n) is 3.51. The van der Waals surface area contributed by atoms with E-state index in [4.69, 9.17) is 16.3 Å². The smallest absolute Gasteiger partial charge is 0.269 e. The highest BCUT2D eigenvalue weighted by atomic mass is 79.9. The number of carbonyl (C=O) groups is 1. The lowest BCUT2D eigenvalue weighted by atomic mass is 10.1. The zero-order valence-corrected chi connectivity index (χ0v) is 15.9. The van der Waals surface area contributed by atoms with Gasteiger partial charge in [-0.1, -0.05) is 11.6 Å². The first-order valence-corrected chi connectivity index (χ1v) is 8.41. The van der Waals surface area contributed by atoms with Gasteiger partial charge in [0.15, 0.2) is 0 Å². The molecule has 1 aromatic carbocycles. The summed E-state index contributed by atoms with van der Waals surface area (Å²) in [7, 11) is 1.48. The van der Waals surface area contributed by atoms with Crippen LogP contribution in [0.15, 0.2) is 33.5 Å². The number of halogens is 2. The Bertz CT molecular complexity index is 919. The van der Waals surface area contributed by atoms with E-state index in [1.54, 1.807) is 31.2 Å². The Labute approximate surface area is 158 Å². The number of ether oxygens (including phenoxy) is 1. The van der Waals surface area contributed by atoms with Gasteiger partial charge >= 0.3 is 0 Å². The molecule has 0 radical (unpaired) electrons. The van der Waals surface area contributed by atoms with Gasteiger partial charge in [0, 0.05) is 28.5 Å². The van der Waals surface area contributed by atoms with Gasteiger partial charge in [-0.3, -0.25) is 9.59 Å². The van der Waals surface area contributed by atoms with Crippen molar-refractivity contribution in [2.45, 2.75) is 20.1 Å². The molecule has 130 valence electrons. The van der Waals surface area contributed by atoms with Crippen LogP contribution in [0.1, 0.15) is 16.8 Å². The Morgan fingerprint density at radius 2 is 2.16 bits per heavy atom. The first-order valence-electron chi connectivity index (χ1n) is 7.24. The van der Waals surface area contributed by atoms with Gasteiger partial charge in [-0.25, -0.2) is 0 Å². The lowest BCUT2D eigenvalue weighted by Gasteiger charge is -2.13. The van der Waals surface area contributed by atoms with Crippen LogP contribution < -0.4 is 10.9 Å². The molecule has 1 amide bonds. The van der Waals surface area contributed by atoms with E-state index in [-0.39, 0.29) is 18.7 Å². The molecule has 1 aromatic heterocycles. The van der Waals surface area contributed by atoms with Crippen LogP contribution in [-0.2, 0) is 22.7 Å². The van der Waals surface area contributed by atoms with Crippen molar-refractivity contribution in [3.63, 3.8) is 0 Å². The van der Waals surface area contributed by atoms with Gasteiger partial charge in [0.2, 0.25) is 5.91 Å². The zero-order valence-electron chi connectivity index (χ0n) is 13.6. The van der Waals surface area contributed by atoms with Crippen molar-refractivity contribution in [1.29, 1.82) is 5.26 Å². The fraction of sp³-hybridized carbons (Fsp3) is 0.235. The van der Waals surface area contributed by atoms with Gasteiger partial charge in [-0.2, -0.15) is 5.26 Å². The monoisotopic (exact) mass is 423 g/mol. The van der Waals surface area contributed by atoms with Crippen LogP contribution in [0.3, 0.4) is 0 Å². The van der Waals surface area contributed by atoms with Gasteiger partial charge in [-0.15, -0.1) is 0 Å². The van der Waals surface area contributed by atoms with Gasteiger partial charge in [0.1, 0.15) is 18.2 Å². The van der Waals surface area contributed by atoms with Crippen LogP contribution in [-0.4, -0.2) is 17.6 Å². The van der Waals surface area contributed by atoms with Crippen LogP contribution in [0.25, 0.3) is 0 Å². The van der Waals surface area contributed by atoms with Crippen molar-refractivity contribution in [2.75, 3.05) is 12.4 Å². The number of anilines is 1. The molecule has 0 saturated heterocycles. The summed E-state index contributed by atoms with van der Waals surface area (Å²) in [6, 6.07) is 8.56. The Morgan fingerprint density at radius 3 is 2.76 bits per heavy atom. The first kappa shape index (κ1) is 19.2. The van der Waals surface area contributed by atoms with E-state index in [9.17, 15) is 14.9 Å².